The van der Waals surface area contributed by atoms with Crippen molar-refractivity contribution in [1.82, 2.24) is 5.32 Å². The maximum Gasteiger partial charge on any atom is 0.338 e. The molecule has 2 aromatic rings. The molecule has 0 saturated heterocycles. The van der Waals surface area contributed by atoms with Gasteiger partial charge >= 0.3 is 5.97 Å². The third-order valence-electron chi connectivity index (χ3n) is 4.04. The van der Waals surface area contributed by atoms with Gasteiger partial charge in [0.2, 0.25) is 0 Å². The monoisotopic (exact) mass is 371 g/mol. The predicted octanol–water partition coefficient (Wildman–Crippen LogP) is 3.52. The summed E-state index contributed by atoms with van der Waals surface area (Å²) in [6.45, 7) is 1.70. The molecule has 6 nitrogen and oxygen atoms in total. The van der Waals surface area contributed by atoms with E-state index in [0.717, 1.165) is 18.4 Å². The van der Waals surface area contributed by atoms with Crippen molar-refractivity contribution < 1.29 is 23.8 Å². The molecule has 1 atom stereocenters. The molecule has 6 heteroatoms. The number of benzene rings is 2. The van der Waals surface area contributed by atoms with Crippen molar-refractivity contribution in [2.24, 2.45) is 0 Å². The Morgan fingerprint density at radius 3 is 2.19 bits per heavy atom. The number of esters is 1. The Morgan fingerprint density at radius 2 is 1.63 bits per heavy atom. The fraction of sp³-hybridized carbons (Fsp3) is 0.333. The van der Waals surface area contributed by atoms with Crippen LogP contribution in [0.1, 0.15) is 41.7 Å². The molecule has 0 heterocycles. The van der Waals surface area contributed by atoms with Crippen molar-refractivity contribution in [3.05, 3.63) is 59.7 Å². The van der Waals surface area contributed by atoms with Gasteiger partial charge in [0.05, 0.1) is 25.8 Å². The number of nitrogens with one attached hydrogen (secondary N) is 1. The van der Waals surface area contributed by atoms with Crippen molar-refractivity contribution in [1.29, 1.82) is 0 Å². The van der Waals surface area contributed by atoms with E-state index in [4.69, 9.17) is 14.2 Å². The largest absolute Gasteiger partial charge is 0.497 e. The molecule has 27 heavy (non-hydrogen) atoms. The number of hydrogen-bond acceptors (Lipinski definition) is 5. The van der Waals surface area contributed by atoms with Crippen LogP contribution < -0.4 is 14.8 Å². The Labute approximate surface area is 159 Å². The smallest absolute Gasteiger partial charge is 0.338 e. The van der Waals surface area contributed by atoms with Crippen LogP contribution in [0.2, 0.25) is 0 Å². The molecule has 0 saturated carbocycles. The highest BCUT2D eigenvalue weighted by atomic mass is 16.5. The first-order valence-electron chi connectivity index (χ1n) is 8.81. The number of ether oxygens (including phenoxy) is 3. The second-order valence-electron chi connectivity index (χ2n) is 6.00. The molecule has 0 radical (unpaired) electrons. The zero-order valence-electron chi connectivity index (χ0n) is 15.9. The Kier molecular flexibility index (Phi) is 7.67. The number of carbonyl (C=O) groups is 2. The topological polar surface area (TPSA) is 73.9 Å². The van der Waals surface area contributed by atoms with Gasteiger partial charge in [-0.15, -0.1) is 0 Å². The molecule has 1 unspecified atom stereocenters. The lowest BCUT2D eigenvalue weighted by atomic mass is 10.0. The van der Waals surface area contributed by atoms with E-state index < -0.39 is 5.97 Å². The molecule has 1 amide bonds. The Hall–Kier alpha value is -3.02. The van der Waals surface area contributed by atoms with Gasteiger partial charge in [0.25, 0.3) is 5.91 Å². The summed E-state index contributed by atoms with van der Waals surface area (Å²) < 4.78 is 15.4. The van der Waals surface area contributed by atoms with Crippen LogP contribution in [0.3, 0.4) is 0 Å². The Morgan fingerprint density at radius 1 is 1.00 bits per heavy atom. The van der Waals surface area contributed by atoms with Crippen LogP contribution in [0.5, 0.6) is 11.5 Å². The van der Waals surface area contributed by atoms with E-state index in [0.29, 0.717) is 11.5 Å². The molecule has 2 aromatic carbocycles. The van der Waals surface area contributed by atoms with Crippen molar-refractivity contribution >= 4 is 11.9 Å². The van der Waals surface area contributed by atoms with E-state index in [1.807, 2.05) is 30.3 Å². The van der Waals surface area contributed by atoms with Crippen LogP contribution in [0.4, 0.5) is 0 Å². The molecular formula is C21H25NO5. The zero-order valence-corrected chi connectivity index (χ0v) is 15.9. The average Bonchev–Trinajstić information content (AvgIpc) is 2.71. The first kappa shape index (κ1) is 20.3. The summed E-state index contributed by atoms with van der Waals surface area (Å²) in [6.07, 6.45) is 1.72. The molecule has 0 aliphatic carbocycles. The maximum absolute atomic E-state index is 12.3. The third kappa shape index (κ3) is 6.02. The summed E-state index contributed by atoms with van der Waals surface area (Å²) in [5.74, 6) is -0.0229. The van der Waals surface area contributed by atoms with Crippen molar-refractivity contribution in [2.75, 3.05) is 20.8 Å². The van der Waals surface area contributed by atoms with Crippen LogP contribution in [-0.4, -0.2) is 32.7 Å². The molecule has 144 valence electrons. The SMILES string of the molecule is CCCC(NC(=O)COC(=O)c1cc(OC)cc(OC)c1)c1ccccc1. The molecule has 1 N–H and O–H groups in total. The summed E-state index contributed by atoms with van der Waals surface area (Å²) in [7, 11) is 2.99. The minimum Gasteiger partial charge on any atom is -0.497 e. The van der Waals surface area contributed by atoms with Gasteiger partial charge in [-0.05, 0) is 24.1 Å². The van der Waals surface area contributed by atoms with E-state index in [1.54, 1.807) is 6.07 Å². The molecule has 0 aromatic heterocycles. The lowest BCUT2D eigenvalue weighted by Gasteiger charge is -2.18. The number of carbonyl (C=O) groups excluding carboxylic acids is 2. The van der Waals surface area contributed by atoms with Crippen LogP contribution >= 0.6 is 0 Å². The number of rotatable bonds is 9. The first-order chi connectivity index (χ1) is 13.1. The van der Waals surface area contributed by atoms with E-state index in [9.17, 15) is 9.59 Å². The van der Waals surface area contributed by atoms with Crippen molar-refractivity contribution in [2.45, 2.75) is 25.8 Å². The average molecular weight is 371 g/mol. The lowest BCUT2D eigenvalue weighted by molar-refractivity contribution is -0.125. The molecule has 0 spiro atoms. The zero-order chi connectivity index (χ0) is 19.6. The van der Waals surface area contributed by atoms with Crippen LogP contribution in [-0.2, 0) is 9.53 Å². The van der Waals surface area contributed by atoms with Gasteiger partial charge in [-0.3, -0.25) is 4.79 Å². The van der Waals surface area contributed by atoms with Crippen LogP contribution in [0.25, 0.3) is 0 Å². The molecule has 0 aliphatic heterocycles. The first-order valence-corrected chi connectivity index (χ1v) is 8.81. The minimum atomic E-state index is -0.617. The number of hydrogen-bond donors (Lipinski definition) is 1. The van der Waals surface area contributed by atoms with E-state index in [1.165, 1.54) is 26.4 Å². The van der Waals surface area contributed by atoms with Gasteiger partial charge in [0.1, 0.15) is 11.5 Å². The highest BCUT2D eigenvalue weighted by Crippen LogP contribution is 2.23. The van der Waals surface area contributed by atoms with Gasteiger partial charge in [0.15, 0.2) is 6.61 Å². The molecule has 2 rings (SSSR count). The van der Waals surface area contributed by atoms with Gasteiger partial charge in [0, 0.05) is 6.07 Å². The van der Waals surface area contributed by atoms with E-state index in [2.05, 4.69) is 12.2 Å². The van der Waals surface area contributed by atoms with Crippen LogP contribution in [0.15, 0.2) is 48.5 Å². The standard InChI is InChI=1S/C21H25NO5/c1-4-8-19(15-9-6-5-7-10-15)22-20(23)14-27-21(24)16-11-17(25-2)13-18(12-16)26-3/h5-7,9-13,19H,4,8,14H2,1-3H3,(H,22,23). The van der Waals surface area contributed by atoms with Gasteiger partial charge in [-0.2, -0.15) is 0 Å². The van der Waals surface area contributed by atoms with E-state index in [-0.39, 0.29) is 24.1 Å². The predicted molar refractivity (Wildman–Crippen MR) is 102 cm³/mol. The summed E-state index contributed by atoms with van der Waals surface area (Å²) >= 11 is 0. The third-order valence-corrected chi connectivity index (χ3v) is 4.04. The fourth-order valence-corrected chi connectivity index (χ4v) is 2.67. The second kappa shape index (κ2) is 10.2. The molecular weight excluding hydrogens is 346 g/mol. The van der Waals surface area contributed by atoms with Gasteiger partial charge in [-0.1, -0.05) is 43.7 Å². The summed E-state index contributed by atoms with van der Waals surface area (Å²) in [5, 5.41) is 2.92. The van der Waals surface area contributed by atoms with Gasteiger partial charge < -0.3 is 19.5 Å². The number of methoxy groups -OCH3 is 2. The molecule has 0 bridgehead atoms. The second-order valence-corrected chi connectivity index (χ2v) is 6.00. The normalized spacial score (nSPS) is 11.4. The van der Waals surface area contributed by atoms with Crippen molar-refractivity contribution in [3.63, 3.8) is 0 Å². The fourth-order valence-electron chi connectivity index (χ4n) is 2.67. The van der Waals surface area contributed by atoms with Gasteiger partial charge in [-0.25, -0.2) is 4.79 Å². The molecule has 0 aliphatic rings. The number of amides is 1. The van der Waals surface area contributed by atoms with Crippen molar-refractivity contribution in [3.8, 4) is 11.5 Å². The maximum atomic E-state index is 12.3. The van der Waals surface area contributed by atoms with Crippen LogP contribution in [0, 0.1) is 0 Å². The summed E-state index contributed by atoms with van der Waals surface area (Å²) in [5.41, 5.74) is 1.28. The highest BCUT2D eigenvalue weighted by Gasteiger charge is 2.16. The minimum absolute atomic E-state index is 0.112. The van der Waals surface area contributed by atoms with E-state index >= 15 is 0 Å². The molecule has 0 fully saturated rings. The Balaban J connectivity index is 1.97. The summed E-state index contributed by atoms with van der Waals surface area (Å²) in [4.78, 5) is 24.5. The Bertz CT molecular complexity index is 738. The lowest BCUT2D eigenvalue weighted by Crippen LogP contribution is -2.32. The summed E-state index contributed by atoms with van der Waals surface area (Å²) in [6, 6.07) is 14.3. The quantitative estimate of drug-likeness (QED) is 0.683. The highest BCUT2D eigenvalue weighted by molar-refractivity contribution is 5.92.